The fourth-order valence-electron chi connectivity index (χ4n) is 1.58. The molecule has 4 nitrogen and oxygen atoms in total. The normalized spacial score (nSPS) is 11.8. The van der Waals surface area contributed by atoms with Gasteiger partial charge >= 0.3 is 6.09 Å². The monoisotopic (exact) mass is 232 g/mol. The lowest BCUT2D eigenvalue weighted by atomic mass is 10.2. The number of fused-ring (bicyclic) bond motifs is 1. The lowest BCUT2D eigenvalue weighted by Gasteiger charge is -2.19. The van der Waals surface area contributed by atoms with Crippen LogP contribution in [-0.2, 0) is 4.74 Å². The number of hydrogen-bond donors (Lipinski definition) is 0. The maximum absolute atomic E-state index is 12.0. The van der Waals surface area contributed by atoms with E-state index < -0.39 is 5.60 Å². The summed E-state index contributed by atoms with van der Waals surface area (Å²) < 4.78 is 6.81. The van der Waals surface area contributed by atoms with E-state index in [0.29, 0.717) is 0 Å². The molecule has 0 aliphatic heterocycles. The second-order valence-electron chi connectivity index (χ2n) is 5.08. The van der Waals surface area contributed by atoms with E-state index in [0.717, 1.165) is 16.6 Å². The van der Waals surface area contributed by atoms with Crippen LogP contribution in [-0.4, -0.2) is 21.2 Å². The summed E-state index contributed by atoms with van der Waals surface area (Å²) in [7, 11) is 0. The minimum absolute atomic E-state index is 0.375. The van der Waals surface area contributed by atoms with Gasteiger partial charge in [0.2, 0.25) is 0 Å². The highest BCUT2D eigenvalue weighted by atomic mass is 16.6. The zero-order valence-electron chi connectivity index (χ0n) is 10.5. The van der Waals surface area contributed by atoms with E-state index in [1.54, 1.807) is 18.5 Å². The SMILES string of the molecule is Cc1cnc2ccn(C(=O)OC(C)(C)C)c2c1. The highest BCUT2D eigenvalue weighted by molar-refractivity contribution is 5.87. The lowest BCUT2D eigenvalue weighted by molar-refractivity contribution is 0.0544. The van der Waals surface area contributed by atoms with Gasteiger partial charge in [0.15, 0.2) is 0 Å². The molecule has 2 heterocycles. The van der Waals surface area contributed by atoms with E-state index in [2.05, 4.69) is 4.98 Å². The second-order valence-corrected chi connectivity index (χ2v) is 5.08. The molecule has 0 bridgehead atoms. The van der Waals surface area contributed by atoms with E-state index in [1.807, 2.05) is 33.8 Å². The maximum Gasteiger partial charge on any atom is 0.419 e. The van der Waals surface area contributed by atoms with Crippen LogP contribution in [0.2, 0.25) is 0 Å². The van der Waals surface area contributed by atoms with Crippen molar-refractivity contribution in [3.63, 3.8) is 0 Å². The Hall–Kier alpha value is -1.84. The van der Waals surface area contributed by atoms with Gasteiger partial charge in [0, 0.05) is 12.4 Å². The lowest BCUT2D eigenvalue weighted by Crippen LogP contribution is -2.26. The van der Waals surface area contributed by atoms with Gasteiger partial charge < -0.3 is 4.74 Å². The van der Waals surface area contributed by atoms with Crippen molar-refractivity contribution in [1.82, 2.24) is 9.55 Å². The smallest absolute Gasteiger partial charge is 0.419 e. The minimum Gasteiger partial charge on any atom is -0.443 e. The molecule has 0 saturated carbocycles. The van der Waals surface area contributed by atoms with Gasteiger partial charge in [0.1, 0.15) is 5.60 Å². The van der Waals surface area contributed by atoms with Crippen LogP contribution < -0.4 is 0 Å². The van der Waals surface area contributed by atoms with Gasteiger partial charge in [-0.2, -0.15) is 0 Å². The molecule has 0 spiro atoms. The predicted molar refractivity (Wildman–Crippen MR) is 66.1 cm³/mol. The zero-order valence-corrected chi connectivity index (χ0v) is 10.5. The van der Waals surface area contributed by atoms with Gasteiger partial charge in [-0.1, -0.05) is 0 Å². The van der Waals surface area contributed by atoms with E-state index in [-0.39, 0.29) is 6.09 Å². The Kier molecular flexibility index (Phi) is 2.65. The topological polar surface area (TPSA) is 44.1 Å². The second kappa shape index (κ2) is 3.87. The third-order valence-electron chi connectivity index (χ3n) is 2.27. The first kappa shape index (κ1) is 11.6. The van der Waals surface area contributed by atoms with Gasteiger partial charge in [-0.15, -0.1) is 0 Å². The number of rotatable bonds is 0. The first-order chi connectivity index (χ1) is 7.87. The minimum atomic E-state index is -0.495. The summed E-state index contributed by atoms with van der Waals surface area (Å²) in [6.45, 7) is 7.49. The number of aromatic nitrogens is 2. The Labute approximate surface area is 100 Å². The van der Waals surface area contributed by atoms with Crippen molar-refractivity contribution in [1.29, 1.82) is 0 Å². The molecule has 0 fully saturated rings. The number of ether oxygens (including phenoxy) is 1. The van der Waals surface area contributed by atoms with Crippen molar-refractivity contribution >= 4 is 17.1 Å². The molecule has 2 rings (SSSR count). The molecule has 0 saturated heterocycles. The van der Waals surface area contributed by atoms with Crippen LogP contribution in [0.25, 0.3) is 11.0 Å². The molecule has 2 aromatic rings. The Balaban J connectivity index is 2.42. The van der Waals surface area contributed by atoms with Crippen LogP contribution >= 0.6 is 0 Å². The van der Waals surface area contributed by atoms with Crippen LogP contribution in [0.5, 0.6) is 0 Å². The number of pyridine rings is 1. The number of aryl methyl sites for hydroxylation is 1. The van der Waals surface area contributed by atoms with Crippen molar-refractivity contribution < 1.29 is 9.53 Å². The van der Waals surface area contributed by atoms with Crippen LogP contribution in [0.3, 0.4) is 0 Å². The van der Waals surface area contributed by atoms with Crippen molar-refractivity contribution in [3.05, 3.63) is 30.1 Å². The first-order valence-electron chi connectivity index (χ1n) is 5.54. The Morgan fingerprint density at radius 3 is 2.76 bits per heavy atom. The van der Waals surface area contributed by atoms with E-state index in [1.165, 1.54) is 4.57 Å². The highest BCUT2D eigenvalue weighted by Crippen LogP contribution is 2.17. The summed E-state index contributed by atoms with van der Waals surface area (Å²) in [5, 5.41) is 0. The molecule has 0 aliphatic carbocycles. The molecule has 0 aliphatic rings. The number of nitrogens with zero attached hydrogens (tertiary/aromatic N) is 2. The molecule has 4 heteroatoms. The van der Waals surface area contributed by atoms with Gasteiger partial charge in [0.05, 0.1) is 11.0 Å². The maximum atomic E-state index is 12.0. The molecule has 0 N–H and O–H groups in total. The van der Waals surface area contributed by atoms with Crippen LogP contribution in [0, 0.1) is 6.92 Å². The summed E-state index contributed by atoms with van der Waals surface area (Å²) in [5.74, 6) is 0. The third kappa shape index (κ3) is 2.46. The van der Waals surface area contributed by atoms with E-state index >= 15 is 0 Å². The van der Waals surface area contributed by atoms with Crippen molar-refractivity contribution in [2.24, 2.45) is 0 Å². The fourth-order valence-corrected chi connectivity index (χ4v) is 1.58. The Morgan fingerprint density at radius 1 is 1.41 bits per heavy atom. The zero-order chi connectivity index (χ0) is 12.6. The number of carbonyl (C=O) groups excluding carboxylic acids is 1. The van der Waals surface area contributed by atoms with Crippen LogP contribution in [0.4, 0.5) is 4.79 Å². The van der Waals surface area contributed by atoms with Gasteiger partial charge in [-0.25, -0.2) is 4.79 Å². The van der Waals surface area contributed by atoms with Gasteiger partial charge in [-0.05, 0) is 45.4 Å². The molecular formula is C13H16N2O2. The number of carbonyl (C=O) groups is 1. The van der Waals surface area contributed by atoms with E-state index in [4.69, 9.17) is 4.74 Å². The van der Waals surface area contributed by atoms with Crippen LogP contribution in [0.15, 0.2) is 24.5 Å². The van der Waals surface area contributed by atoms with Crippen molar-refractivity contribution in [2.45, 2.75) is 33.3 Å². The average Bonchev–Trinajstić information content (AvgIpc) is 2.57. The molecule has 0 amide bonds. The largest absolute Gasteiger partial charge is 0.443 e. The molecular weight excluding hydrogens is 216 g/mol. The van der Waals surface area contributed by atoms with Gasteiger partial charge in [0.25, 0.3) is 0 Å². The molecule has 0 atom stereocenters. The summed E-state index contributed by atoms with van der Waals surface area (Å²) in [6.07, 6.45) is 3.09. The Morgan fingerprint density at radius 2 is 2.12 bits per heavy atom. The summed E-state index contributed by atoms with van der Waals surface area (Å²) in [5.41, 5.74) is 2.09. The molecule has 0 unspecified atom stereocenters. The molecule has 0 radical (unpaired) electrons. The summed E-state index contributed by atoms with van der Waals surface area (Å²) in [6, 6.07) is 3.73. The third-order valence-corrected chi connectivity index (χ3v) is 2.27. The predicted octanol–water partition coefficient (Wildman–Crippen LogP) is 3.13. The fraction of sp³-hybridized carbons (Fsp3) is 0.385. The quantitative estimate of drug-likeness (QED) is 0.701. The molecule has 17 heavy (non-hydrogen) atoms. The average molecular weight is 232 g/mol. The van der Waals surface area contributed by atoms with Gasteiger partial charge in [-0.3, -0.25) is 9.55 Å². The van der Waals surface area contributed by atoms with E-state index in [9.17, 15) is 4.79 Å². The molecule has 2 aromatic heterocycles. The molecule has 90 valence electrons. The van der Waals surface area contributed by atoms with Crippen LogP contribution in [0.1, 0.15) is 26.3 Å². The standard InChI is InChI=1S/C13H16N2O2/c1-9-7-11-10(14-8-9)5-6-15(11)12(16)17-13(2,3)4/h5-8H,1-4H3. The van der Waals surface area contributed by atoms with Crippen molar-refractivity contribution in [3.8, 4) is 0 Å². The molecule has 0 aromatic carbocycles. The first-order valence-corrected chi connectivity index (χ1v) is 5.54. The summed E-state index contributed by atoms with van der Waals surface area (Å²) in [4.78, 5) is 16.2. The Bertz CT molecular complexity index is 564. The van der Waals surface area contributed by atoms with Crippen molar-refractivity contribution in [2.75, 3.05) is 0 Å². The summed E-state index contributed by atoms with van der Waals surface area (Å²) >= 11 is 0. The highest BCUT2D eigenvalue weighted by Gasteiger charge is 2.19. The number of hydrogen-bond acceptors (Lipinski definition) is 3.